The molecule has 0 radical (unpaired) electrons. The number of hydrogen-bond acceptors (Lipinski definition) is 1. The maximum atomic E-state index is 9.13. The molecule has 0 aliphatic heterocycles. The lowest BCUT2D eigenvalue weighted by Gasteiger charge is -1.89. The number of hydrogen-bond donors (Lipinski definition) is 2. The van der Waals surface area contributed by atoms with Crippen molar-refractivity contribution in [3.05, 3.63) is 30.0 Å². The topological polar surface area (TPSA) is 36.0 Å². The molecule has 0 saturated heterocycles. The van der Waals surface area contributed by atoms with Gasteiger partial charge in [-0.05, 0) is 31.2 Å². The first kappa shape index (κ1) is 8.59. The molecule has 0 aliphatic carbocycles. The van der Waals surface area contributed by atoms with Crippen molar-refractivity contribution in [1.82, 2.24) is 4.98 Å². The first-order valence-electron chi connectivity index (χ1n) is 3.54. The maximum Gasteiger partial charge on any atom is 0.116 e. The van der Waals surface area contributed by atoms with Crippen LogP contribution in [0.2, 0.25) is 0 Å². The molecule has 12 heavy (non-hydrogen) atoms. The Labute approximate surface area is 69.2 Å². The van der Waals surface area contributed by atoms with Crippen LogP contribution in [-0.4, -0.2) is 10.1 Å². The summed E-state index contributed by atoms with van der Waals surface area (Å²) in [5.74, 6) is 0.316. The minimum Gasteiger partial charge on any atom is -0.508 e. The highest BCUT2D eigenvalue weighted by molar-refractivity contribution is 5.81. The predicted octanol–water partition coefficient (Wildman–Crippen LogP) is 2.33. The Morgan fingerprint density at radius 3 is 2.75 bits per heavy atom. The van der Waals surface area contributed by atoms with Crippen molar-refractivity contribution in [2.75, 3.05) is 0 Å². The normalized spacial score (nSPS) is 9.75. The third-order valence-electron chi connectivity index (χ3n) is 1.74. The number of fused-ring (bicyclic) bond motifs is 1. The van der Waals surface area contributed by atoms with E-state index in [0.717, 1.165) is 16.6 Å². The van der Waals surface area contributed by atoms with Crippen LogP contribution in [-0.2, 0) is 0 Å². The van der Waals surface area contributed by atoms with Gasteiger partial charge in [0, 0.05) is 16.6 Å². The quantitative estimate of drug-likeness (QED) is 0.620. The van der Waals surface area contributed by atoms with Gasteiger partial charge in [0.2, 0.25) is 0 Å². The van der Waals surface area contributed by atoms with Crippen LogP contribution < -0.4 is 0 Å². The van der Waals surface area contributed by atoms with Gasteiger partial charge in [0.1, 0.15) is 5.75 Å². The zero-order valence-electron chi connectivity index (χ0n) is 6.66. The van der Waals surface area contributed by atoms with Crippen LogP contribution in [0, 0.1) is 6.92 Å². The summed E-state index contributed by atoms with van der Waals surface area (Å²) in [6.45, 7) is 2.00. The minimum absolute atomic E-state index is 0. The molecule has 2 N–H and O–H groups in total. The number of H-pyrrole nitrogens is 1. The Bertz CT molecular complexity index is 394. The zero-order chi connectivity index (χ0) is 7.84. The van der Waals surface area contributed by atoms with Gasteiger partial charge in [-0.25, -0.2) is 0 Å². The molecule has 0 spiro atoms. The summed E-state index contributed by atoms with van der Waals surface area (Å²) in [6.07, 6.45) is 0. The van der Waals surface area contributed by atoms with E-state index in [-0.39, 0.29) is 4.70 Å². The number of benzene rings is 1. The highest BCUT2D eigenvalue weighted by Gasteiger charge is 1.96. The Balaban J connectivity index is 0.000000720. The number of aromatic nitrogens is 1. The van der Waals surface area contributed by atoms with Gasteiger partial charge in [-0.1, -0.05) is 0 Å². The van der Waals surface area contributed by atoms with E-state index in [1.807, 2.05) is 19.1 Å². The fourth-order valence-electron chi connectivity index (χ4n) is 1.27. The molecule has 1 aromatic carbocycles. The lowest BCUT2D eigenvalue weighted by Crippen LogP contribution is -1.67. The number of aromatic amines is 1. The third kappa shape index (κ3) is 1.25. The lowest BCUT2D eigenvalue weighted by molar-refractivity contribution is 0.476. The molecule has 0 fully saturated rings. The average molecular weight is 167 g/mol. The van der Waals surface area contributed by atoms with Crippen molar-refractivity contribution in [1.29, 1.82) is 0 Å². The smallest absolute Gasteiger partial charge is 0.116 e. The van der Waals surface area contributed by atoms with Crippen LogP contribution in [0.15, 0.2) is 24.3 Å². The first-order valence-corrected chi connectivity index (χ1v) is 3.54. The summed E-state index contributed by atoms with van der Waals surface area (Å²) in [5, 5.41) is 10.2. The van der Waals surface area contributed by atoms with Crippen molar-refractivity contribution >= 4 is 10.9 Å². The molecule has 1 heterocycles. The summed E-state index contributed by atoms with van der Waals surface area (Å²) in [6, 6.07) is 7.31. The Kier molecular flexibility index (Phi) is 2.04. The van der Waals surface area contributed by atoms with Crippen molar-refractivity contribution in [3.63, 3.8) is 0 Å². The molecular weight excluding hydrogens is 157 g/mol. The van der Waals surface area contributed by atoms with E-state index in [4.69, 9.17) is 5.11 Å². The van der Waals surface area contributed by atoms with Gasteiger partial charge in [0.25, 0.3) is 0 Å². The Hall–Kier alpha value is -1.51. The van der Waals surface area contributed by atoms with Crippen LogP contribution in [0.25, 0.3) is 10.9 Å². The van der Waals surface area contributed by atoms with Crippen molar-refractivity contribution in [2.45, 2.75) is 6.92 Å². The lowest BCUT2D eigenvalue weighted by atomic mass is 10.2. The van der Waals surface area contributed by atoms with E-state index in [9.17, 15) is 0 Å². The number of nitrogens with one attached hydrogen (secondary N) is 1. The van der Waals surface area contributed by atoms with Crippen molar-refractivity contribution in [3.8, 4) is 5.75 Å². The predicted molar refractivity (Wildman–Crippen MR) is 47.2 cm³/mol. The van der Waals surface area contributed by atoms with Gasteiger partial charge in [0.05, 0.1) is 0 Å². The van der Waals surface area contributed by atoms with Gasteiger partial charge in [-0.15, -0.1) is 0 Å². The number of halogens is 1. The molecule has 0 unspecified atom stereocenters. The van der Waals surface area contributed by atoms with Crippen LogP contribution in [0.5, 0.6) is 5.75 Å². The van der Waals surface area contributed by atoms with Crippen LogP contribution in [0.3, 0.4) is 0 Å². The molecule has 2 rings (SSSR count). The number of phenols is 1. The van der Waals surface area contributed by atoms with E-state index in [1.54, 1.807) is 12.1 Å². The molecule has 1 aromatic heterocycles. The number of rotatable bonds is 0. The van der Waals surface area contributed by atoms with Gasteiger partial charge < -0.3 is 10.1 Å². The molecule has 2 aromatic rings. The van der Waals surface area contributed by atoms with Crippen molar-refractivity contribution in [2.24, 2.45) is 0 Å². The summed E-state index contributed by atoms with van der Waals surface area (Å²) >= 11 is 0. The molecule has 0 amide bonds. The standard InChI is InChI=1S/C9H9NO.FH/c1-6-4-7-5-8(11)2-3-9(7)10-6;/h2-5,10-11H,1H3;1H. The van der Waals surface area contributed by atoms with E-state index >= 15 is 0 Å². The second-order valence-electron chi connectivity index (χ2n) is 2.72. The molecule has 0 aliphatic rings. The average Bonchev–Trinajstić information content (AvgIpc) is 2.27. The summed E-state index contributed by atoms with van der Waals surface area (Å²) < 4.78 is 0. The van der Waals surface area contributed by atoms with E-state index in [2.05, 4.69) is 4.98 Å². The largest absolute Gasteiger partial charge is 0.508 e. The second-order valence-corrected chi connectivity index (χ2v) is 2.72. The van der Waals surface area contributed by atoms with Crippen LogP contribution >= 0.6 is 0 Å². The van der Waals surface area contributed by atoms with E-state index in [0.29, 0.717) is 5.75 Å². The SMILES string of the molecule is Cc1cc2cc(O)ccc2[nH]1.F. The highest BCUT2D eigenvalue weighted by atomic mass is 19.0. The first-order chi connectivity index (χ1) is 5.25. The molecule has 0 saturated carbocycles. The molecule has 3 heteroatoms. The number of aryl methyl sites for hydroxylation is 1. The van der Waals surface area contributed by atoms with Gasteiger partial charge in [-0.3, -0.25) is 4.70 Å². The fraction of sp³-hybridized carbons (Fsp3) is 0.111. The number of aromatic hydroxyl groups is 1. The Morgan fingerprint density at radius 2 is 2.00 bits per heavy atom. The van der Waals surface area contributed by atoms with Crippen LogP contribution in [0.1, 0.15) is 5.69 Å². The Morgan fingerprint density at radius 1 is 1.25 bits per heavy atom. The monoisotopic (exact) mass is 167 g/mol. The molecule has 0 atom stereocenters. The minimum atomic E-state index is 0. The van der Waals surface area contributed by atoms with Crippen molar-refractivity contribution < 1.29 is 9.81 Å². The third-order valence-corrected chi connectivity index (χ3v) is 1.74. The van der Waals surface area contributed by atoms with Gasteiger partial charge in [0.15, 0.2) is 0 Å². The molecule has 0 bridgehead atoms. The maximum absolute atomic E-state index is 9.13. The summed E-state index contributed by atoms with van der Waals surface area (Å²) in [4.78, 5) is 3.17. The van der Waals surface area contributed by atoms with E-state index < -0.39 is 0 Å². The summed E-state index contributed by atoms with van der Waals surface area (Å²) in [5.41, 5.74) is 2.19. The molecular formula is C9H10FNO. The zero-order valence-corrected chi connectivity index (χ0v) is 6.66. The fourth-order valence-corrected chi connectivity index (χ4v) is 1.27. The second kappa shape index (κ2) is 2.85. The summed E-state index contributed by atoms with van der Waals surface area (Å²) in [7, 11) is 0. The van der Waals surface area contributed by atoms with Gasteiger partial charge >= 0.3 is 0 Å². The molecule has 2 nitrogen and oxygen atoms in total. The van der Waals surface area contributed by atoms with Crippen LogP contribution in [0.4, 0.5) is 4.70 Å². The molecule has 64 valence electrons. The van der Waals surface area contributed by atoms with Gasteiger partial charge in [-0.2, -0.15) is 0 Å². The number of phenolic OH excluding ortho intramolecular Hbond substituents is 1. The highest BCUT2D eigenvalue weighted by Crippen LogP contribution is 2.19. The van der Waals surface area contributed by atoms with E-state index in [1.165, 1.54) is 0 Å².